The quantitative estimate of drug-likeness (QED) is 0.794. The Morgan fingerprint density at radius 2 is 2.11 bits per heavy atom. The van der Waals surface area contributed by atoms with E-state index < -0.39 is 11.6 Å². The van der Waals surface area contributed by atoms with E-state index in [0.29, 0.717) is 10.6 Å². The van der Waals surface area contributed by atoms with Crippen LogP contribution in [0.1, 0.15) is 11.1 Å². The summed E-state index contributed by atoms with van der Waals surface area (Å²) in [5.74, 6) is -0.707. The summed E-state index contributed by atoms with van der Waals surface area (Å²) >= 11 is 1.21. The highest BCUT2D eigenvalue weighted by Crippen LogP contribution is 2.25. The van der Waals surface area contributed by atoms with Gasteiger partial charge in [0.2, 0.25) is 0 Å². The van der Waals surface area contributed by atoms with Crippen LogP contribution in [0.2, 0.25) is 0 Å². The van der Waals surface area contributed by atoms with Gasteiger partial charge in [-0.15, -0.1) is 11.8 Å². The number of aromatic nitrogens is 1. The van der Waals surface area contributed by atoms with Gasteiger partial charge in [0.1, 0.15) is 22.7 Å². The van der Waals surface area contributed by atoms with Gasteiger partial charge in [0.25, 0.3) is 0 Å². The fraction of sp³-hybridized carbons (Fsp3) is 0.0769. The zero-order chi connectivity index (χ0) is 13.0. The lowest BCUT2D eigenvalue weighted by atomic mass is 10.2. The van der Waals surface area contributed by atoms with Crippen LogP contribution in [0, 0.1) is 23.0 Å². The van der Waals surface area contributed by atoms with E-state index in [1.54, 1.807) is 18.3 Å². The molecule has 0 aliphatic carbocycles. The molecule has 2 rings (SSSR count). The van der Waals surface area contributed by atoms with Gasteiger partial charge in [-0.05, 0) is 30.3 Å². The number of rotatable bonds is 3. The van der Waals surface area contributed by atoms with E-state index in [1.807, 2.05) is 6.07 Å². The minimum Gasteiger partial charge on any atom is -0.249 e. The topological polar surface area (TPSA) is 36.7 Å². The third kappa shape index (κ3) is 2.84. The number of nitrogens with zero attached hydrogens (tertiary/aromatic N) is 2. The standard InChI is InChI=1S/C13H8F2N2S/c14-11-3-4-12(15)10(6-11)8-18-13-9(7-16)2-1-5-17-13/h1-6H,8H2. The molecule has 0 fully saturated rings. The molecule has 0 unspecified atom stereocenters. The summed E-state index contributed by atoms with van der Waals surface area (Å²) in [6.45, 7) is 0. The van der Waals surface area contributed by atoms with Crippen LogP contribution < -0.4 is 0 Å². The lowest BCUT2D eigenvalue weighted by Gasteiger charge is -2.04. The van der Waals surface area contributed by atoms with Gasteiger partial charge in [-0.1, -0.05) is 0 Å². The molecule has 1 aromatic carbocycles. The van der Waals surface area contributed by atoms with Crippen LogP contribution in [0.5, 0.6) is 0 Å². The monoisotopic (exact) mass is 262 g/mol. The first-order valence-electron chi connectivity index (χ1n) is 5.12. The van der Waals surface area contributed by atoms with Crippen LogP contribution in [0.25, 0.3) is 0 Å². The number of thioether (sulfide) groups is 1. The molecular formula is C13H8F2N2S. The zero-order valence-electron chi connectivity index (χ0n) is 9.23. The van der Waals surface area contributed by atoms with E-state index in [2.05, 4.69) is 4.98 Å². The van der Waals surface area contributed by atoms with Crippen LogP contribution in [-0.4, -0.2) is 4.98 Å². The molecule has 0 spiro atoms. The minimum absolute atomic E-state index is 0.231. The highest BCUT2D eigenvalue weighted by Gasteiger charge is 2.07. The molecule has 0 aliphatic rings. The molecule has 5 heteroatoms. The van der Waals surface area contributed by atoms with Crippen molar-refractivity contribution in [1.82, 2.24) is 4.98 Å². The van der Waals surface area contributed by atoms with Gasteiger partial charge in [-0.25, -0.2) is 13.8 Å². The lowest BCUT2D eigenvalue weighted by Crippen LogP contribution is -1.91. The first-order chi connectivity index (χ1) is 8.70. The van der Waals surface area contributed by atoms with Gasteiger partial charge < -0.3 is 0 Å². The van der Waals surface area contributed by atoms with Crippen LogP contribution >= 0.6 is 11.8 Å². The Morgan fingerprint density at radius 3 is 2.89 bits per heavy atom. The number of benzene rings is 1. The molecule has 18 heavy (non-hydrogen) atoms. The molecule has 0 saturated carbocycles. The number of hydrogen-bond donors (Lipinski definition) is 0. The maximum Gasteiger partial charge on any atom is 0.127 e. The molecule has 2 nitrogen and oxygen atoms in total. The Labute approximate surface area is 107 Å². The largest absolute Gasteiger partial charge is 0.249 e. The Morgan fingerprint density at radius 1 is 1.28 bits per heavy atom. The van der Waals surface area contributed by atoms with E-state index in [9.17, 15) is 8.78 Å². The van der Waals surface area contributed by atoms with Gasteiger partial charge in [0.05, 0.1) is 5.56 Å². The first kappa shape index (κ1) is 12.5. The number of halogens is 2. The molecule has 0 bridgehead atoms. The summed E-state index contributed by atoms with van der Waals surface area (Å²) in [5.41, 5.74) is 0.689. The highest BCUT2D eigenvalue weighted by atomic mass is 32.2. The van der Waals surface area contributed by atoms with E-state index >= 15 is 0 Å². The van der Waals surface area contributed by atoms with Crippen LogP contribution in [0.15, 0.2) is 41.6 Å². The number of nitriles is 1. The Hall–Kier alpha value is -1.93. The van der Waals surface area contributed by atoms with Crippen molar-refractivity contribution in [2.24, 2.45) is 0 Å². The van der Waals surface area contributed by atoms with Crippen molar-refractivity contribution in [1.29, 1.82) is 5.26 Å². The summed E-state index contributed by atoms with van der Waals surface area (Å²) < 4.78 is 26.4. The molecule has 1 heterocycles. The molecule has 0 aliphatic heterocycles. The molecule has 0 atom stereocenters. The van der Waals surface area contributed by atoms with Crippen LogP contribution in [0.4, 0.5) is 8.78 Å². The van der Waals surface area contributed by atoms with Crippen molar-refractivity contribution in [3.8, 4) is 6.07 Å². The molecule has 0 saturated heterocycles. The van der Waals surface area contributed by atoms with Gasteiger partial charge in [-0.3, -0.25) is 0 Å². The Balaban J connectivity index is 2.17. The fourth-order valence-electron chi connectivity index (χ4n) is 1.39. The van der Waals surface area contributed by atoms with Crippen molar-refractivity contribution in [2.45, 2.75) is 10.8 Å². The van der Waals surface area contributed by atoms with Gasteiger partial charge in [-0.2, -0.15) is 5.26 Å². The molecule has 1 aromatic heterocycles. The fourth-order valence-corrected chi connectivity index (χ4v) is 2.31. The SMILES string of the molecule is N#Cc1cccnc1SCc1cc(F)ccc1F. The van der Waals surface area contributed by atoms with Crippen molar-refractivity contribution >= 4 is 11.8 Å². The van der Waals surface area contributed by atoms with E-state index in [0.717, 1.165) is 18.2 Å². The second-order valence-corrected chi connectivity index (χ2v) is 4.46. The van der Waals surface area contributed by atoms with Crippen LogP contribution in [0.3, 0.4) is 0 Å². The Kier molecular flexibility index (Phi) is 3.90. The first-order valence-corrected chi connectivity index (χ1v) is 6.11. The number of pyridine rings is 1. The third-order valence-electron chi connectivity index (χ3n) is 2.26. The van der Waals surface area contributed by atoms with Gasteiger partial charge in [0.15, 0.2) is 0 Å². The number of hydrogen-bond acceptors (Lipinski definition) is 3. The van der Waals surface area contributed by atoms with Crippen molar-refractivity contribution in [2.75, 3.05) is 0 Å². The highest BCUT2D eigenvalue weighted by molar-refractivity contribution is 7.98. The Bertz CT molecular complexity index is 608. The smallest absolute Gasteiger partial charge is 0.127 e. The summed E-state index contributed by atoms with van der Waals surface area (Å²) in [6, 6.07) is 8.62. The zero-order valence-corrected chi connectivity index (χ0v) is 10.0. The second-order valence-electron chi connectivity index (χ2n) is 3.49. The van der Waals surface area contributed by atoms with Crippen molar-refractivity contribution < 1.29 is 8.78 Å². The van der Waals surface area contributed by atoms with Crippen molar-refractivity contribution in [3.05, 3.63) is 59.3 Å². The predicted octanol–water partition coefficient (Wildman–Crippen LogP) is 3.52. The molecule has 0 amide bonds. The molecule has 90 valence electrons. The summed E-state index contributed by atoms with van der Waals surface area (Å²) in [6.07, 6.45) is 1.56. The minimum atomic E-state index is -0.478. The maximum atomic E-state index is 13.4. The van der Waals surface area contributed by atoms with Crippen molar-refractivity contribution in [3.63, 3.8) is 0 Å². The van der Waals surface area contributed by atoms with Crippen LogP contribution in [-0.2, 0) is 5.75 Å². The van der Waals surface area contributed by atoms with E-state index in [1.165, 1.54) is 11.8 Å². The van der Waals surface area contributed by atoms with E-state index in [4.69, 9.17) is 5.26 Å². The van der Waals surface area contributed by atoms with Gasteiger partial charge in [0, 0.05) is 17.5 Å². The molecule has 0 radical (unpaired) electrons. The third-order valence-corrected chi connectivity index (χ3v) is 3.32. The summed E-state index contributed by atoms with van der Waals surface area (Å²) in [4.78, 5) is 4.04. The molecule has 0 N–H and O–H groups in total. The van der Waals surface area contributed by atoms with Gasteiger partial charge >= 0.3 is 0 Å². The predicted molar refractivity (Wildman–Crippen MR) is 64.9 cm³/mol. The molecular weight excluding hydrogens is 254 g/mol. The summed E-state index contributed by atoms with van der Waals surface area (Å²) in [7, 11) is 0. The summed E-state index contributed by atoms with van der Waals surface area (Å²) in [5, 5.41) is 9.39. The van der Waals surface area contributed by atoms with E-state index in [-0.39, 0.29) is 11.3 Å². The second kappa shape index (κ2) is 5.61. The average molecular weight is 262 g/mol. The maximum absolute atomic E-state index is 13.4. The lowest BCUT2D eigenvalue weighted by molar-refractivity contribution is 0.591. The normalized spacial score (nSPS) is 10.1. The molecule has 2 aromatic rings. The average Bonchev–Trinajstić information content (AvgIpc) is 2.40.